The van der Waals surface area contributed by atoms with Crippen LogP contribution < -0.4 is 0 Å². The van der Waals surface area contributed by atoms with Crippen LogP contribution in [0.4, 0.5) is 4.39 Å². The first-order valence-corrected chi connectivity index (χ1v) is 4.59. The highest BCUT2D eigenvalue weighted by atomic mass is 19.1. The van der Waals surface area contributed by atoms with Gasteiger partial charge in [0.25, 0.3) is 0 Å². The maximum Gasteiger partial charge on any atom is 0.356 e. The molecule has 0 radical (unpaired) electrons. The van der Waals surface area contributed by atoms with E-state index >= 15 is 0 Å². The van der Waals surface area contributed by atoms with Crippen molar-refractivity contribution in [3.63, 3.8) is 0 Å². The number of aliphatic imine (C=N–C) groups is 1. The number of hydrogen-bond acceptors (Lipinski definition) is 4. The summed E-state index contributed by atoms with van der Waals surface area (Å²) in [6, 6.07) is 0. The van der Waals surface area contributed by atoms with E-state index < -0.39 is 17.7 Å². The van der Waals surface area contributed by atoms with Crippen LogP contribution in [-0.2, 0) is 14.3 Å². The van der Waals surface area contributed by atoms with Gasteiger partial charge < -0.3 is 4.74 Å². The molecule has 1 atom stereocenters. The van der Waals surface area contributed by atoms with Crippen LogP contribution in [-0.4, -0.2) is 24.6 Å². The molecule has 2 rings (SSSR count). The number of esters is 1. The van der Waals surface area contributed by atoms with Crippen molar-refractivity contribution in [3.8, 4) is 0 Å². The summed E-state index contributed by atoms with van der Waals surface area (Å²) in [6.07, 6.45) is 4.82. The van der Waals surface area contributed by atoms with Crippen molar-refractivity contribution in [2.75, 3.05) is 7.11 Å². The van der Waals surface area contributed by atoms with Crippen molar-refractivity contribution < 1.29 is 18.7 Å². The Hall–Kier alpha value is -2.04. The number of rotatable bonds is 1. The van der Waals surface area contributed by atoms with Gasteiger partial charge in [0.05, 0.1) is 18.7 Å². The predicted molar refractivity (Wildman–Crippen MR) is 54.4 cm³/mol. The molecule has 82 valence electrons. The molecule has 16 heavy (non-hydrogen) atoms. The number of ether oxygens (including phenoxy) is 1. The lowest BCUT2D eigenvalue weighted by molar-refractivity contribution is -0.136. The summed E-state index contributed by atoms with van der Waals surface area (Å²) in [6.45, 7) is 0. The first kappa shape index (κ1) is 10.5. The molecule has 0 spiro atoms. The smallest absolute Gasteiger partial charge is 0.356 e. The van der Waals surface area contributed by atoms with Crippen LogP contribution in [0.5, 0.6) is 0 Å². The number of allylic oxidation sites excluding steroid dienone is 5. The summed E-state index contributed by atoms with van der Waals surface area (Å²) < 4.78 is 17.4. The van der Waals surface area contributed by atoms with Gasteiger partial charge in [0.1, 0.15) is 5.83 Å². The summed E-state index contributed by atoms with van der Waals surface area (Å²) in [7, 11) is 1.20. The van der Waals surface area contributed by atoms with Gasteiger partial charge in [-0.15, -0.1) is 0 Å². The fourth-order valence-electron chi connectivity index (χ4n) is 1.51. The molecule has 0 saturated heterocycles. The second-order valence-electron chi connectivity index (χ2n) is 3.32. The number of fused-ring (bicyclic) bond motifs is 1. The van der Waals surface area contributed by atoms with Crippen LogP contribution in [0.1, 0.15) is 0 Å². The summed E-state index contributed by atoms with van der Waals surface area (Å²) in [4.78, 5) is 26.7. The third-order valence-electron chi connectivity index (χ3n) is 2.29. The quantitative estimate of drug-likeness (QED) is 0.623. The number of nitrogens with zero attached hydrogens (tertiary/aromatic N) is 1. The van der Waals surface area contributed by atoms with E-state index in [-0.39, 0.29) is 11.5 Å². The van der Waals surface area contributed by atoms with E-state index in [1.807, 2.05) is 0 Å². The molecule has 0 aromatic rings. The number of hydrogen-bond donors (Lipinski definition) is 0. The van der Waals surface area contributed by atoms with E-state index in [1.54, 1.807) is 0 Å². The molecule has 1 aliphatic heterocycles. The maximum atomic E-state index is 12.9. The SMILES string of the molecule is COC(=O)C1=CC(=O)C2C=C(F)C=CC2=N1. The molecule has 0 aromatic heterocycles. The third-order valence-corrected chi connectivity index (χ3v) is 2.29. The maximum absolute atomic E-state index is 12.9. The molecule has 0 fully saturated rings. The minimum absolute atomic E-state index is 0.0564. The van der Waals surface area contributed by atoms with Gasteiger partial charge in [-0.25, -0.2) is 14.2 Å². The molecule has 0 bridgehead atoms. The molecule has 1 unspecified atom stereocenters. The Labute approximate surface area is 90.8 Å². The van der Waals surface area contributed by atoms with E-state index in [9.17, 15) is 14.0 Å². The topological polar surface area (TPSA) is 55.7 Å². The average Bonchev–Trinajstić information content (AvgIpc) is 2.28. The van der Waals surface area contributed by atoms with Crippen molar-refractivity contribution in [2.24, 2.45) is 10.9 Å². The fourth-order valence-corrected chi connectivity index (χ4v) is 1.51. The van der Waals surface area contributed by atoms with Crippen molar-refractivity contribution in [1.82, 2.24) is 0 Å². The lowest BCUT2D eigenvalue weighted by atomic mass is 9.91. The van der Waals surface area contributed by atoms with Crippen LogP contribution in [0.25, 0.3) is 0 Å². The molecule has 4 nitrogen and oxygen atoms in total. The van der Waals surface area contributed by atoms with Gasteiger partial charge in [0.15, 0.2) is 11.5 Å². The van der Waals surface area contributed by atoms with Gasteiger partial charge >= 0.3 is 5.97 Å². The number of methoxy groups -OCH3 is 1. The van der Waals surface area contributed by atoms with Gasteiger partial charge in [-0.3, -0.25) is 4.79 Å². The minimum Gasteiger partial charge on any atom is -0.464 e. The van der Waals surface area contributed by atoms with Gasteiger partial charge in [0.2, 0.25) is 0 Å². The Kier molecular flexibility index (Phi) is 2.52. The number of carbonyl (C=O) groups is 2. The van der Waals surface area contributed by atoms with Crippen LogP contribution in [0, 0.1) is 5.92 Å². The third kappa shape index (κ3) is 1.71. The van der Waals surface area contributed by atoms with Crippen molar-refractivity contribution in [2.45, 2.75) is 0 Å². The average molecular weight is 221 g/mol. The Morgan fingerprint density at radius 1 is 1.50 bits per heavy atom. The standard InChI is InChI=1S/C11H8FNO3/c1-16-11(15)9-5-10(14)7-4-6(12)2-3-8(7)13-9/h2-5,7H,1H3. The Bertz CT molecular complexity index is 485. The number of ketones is 1. The zero-order chi connectivity index (χ0) is 11.7. The molecule has 0 amide bonds. The molecule has 0 saturated carbocycles. The van der Waals surface area contributed by atoms with Crippen molar-refractivity contribution in [1.29, 1.82) is 0 Å². The van der Waals surface area contributed by atoms with Gasteiger partial charge in [0, 0.05) is 6.08 Å². The summed E-state index contributed by atoms with van der Waals surface area (Å²) in [5.41, 5.74) is 0.299. The summed E-state index contributed by atoms with van der Waals surface area (Å²) in [5.74, 6) is -2.25. The van der Waals surface area contributed by atoms with E-state index in [0.717, 1.165) is 6.08 Å². The lowest BCUT2D eigenvalue weighted by Crippen LogP contribution is -2.26. The first-order valence-electron chi connectivity index (χ1n) is 4.59. The van der Waals surface area contributed by atoms with Crippen LogP contribution >= 0.6 is 0 Å². The Balaban J connectivity index is 2.37. The van der Waals surface area contributed by atoms with E-state index in [1.165, 1.54) is 25.3 Å². The second kappa shape index (κ2) is 3.84. The van der Waals surface area contributed by atoms with Crippen molar-refractivity contribution in [3.05, 3.63) is 35.8 Å². The number of carbonyl (C=O) groups excluding carboxylic acids is 2. The Morgan fingerprint density at radius 3 is 2.94 bits per heavy atom. The van der Waals surface area contributed by atoms with Crippen molar-refractivity contribution >= 4 is 17.5 Å². The minimum atomic E-state index is -0.724. The molecule has 0 aromatic carbocycles. The monoisotopic (exact) mass is 221 g/mol. The zero-order valence-electron chi connectivity index (χ0n) is 8.44. The lowest BCUT2D eigenvalue weighted by Gasteiger charge is -2.18. The summed E-state index contributed by atoms with van der Waals surface area (Å²) >= 11 is 0. The van der Waals surface area contributed by atoms with E-state index in [0.29, 0.717) is 5.71 Å². The highest BCUT2D eigenvalue weighted by molar-refractivity contribution is 6.20. The Morgan fingerprint density at radius 2 is 2.25 bits per heavy atom. The molecule has 5 heteroatoms. The second-order valence-corrected chi connectivity index (χ2v) is 3.32. The highest BCUT2D eigenvalue weighted by Gasteiger charge is 2.28. The van der Waals surface area contributed by atoms with Gasteiger partial charge in [-0.05, 0) is 18.2 Å². The molecular formula is C11H8FNO3. The molecule has 2 aliphatic rings. The summed E-state index contributed by atoms with van der Waals surface area (Å²) in [5, 5.41) is 0. The molecule has 0 N–H and O–H groups in total. The normalized spacial score (nSPS) is 23.0. The number of halogens is 1. The van der Waals surface area contributed by atoms with Gasteiger partial charge in [-0.1, -0.05) is 0 Å². The molecule has 1 heterocycles. The first-order chi connectivity index (χ1) is 7.61. The zero-order valence-corrected chi connectivity index (χ0v) is 8.44. The highest BCUT2D eigenvalue weighted by Crippen LogP contribution is 2.23. The van der Waals surface area contributed by atoms with Crippen LogP contribution in [0.3, 0.4) is 0 Å². The van der Waals surface area contributed by atoms with E-state index in [2.05, 4.69) is 9.73 Å². The largest absolute Gasteiger partial charge is 0.464 e. The fraction of sp³-hybridized carbons (Fsp3) is 0.182. The molecular weight excluding hydrogens is 213 g/mol. The van der Waals surface area contributed by atoms with Crippen LogP contribution in [0.15, 0.2) is 40.8 Å². The van der Waals surface area contributed by atoms with Gasteiger partial charge in [-0.2, -0.15) is 0 Å². The van der Waals surface area contributed by atoms with E-state index in [4.69, 9.17) is 0 Å². The molecule has 1 aliphatic carbocycles. The van der Waals surface area contributed by atoms with Crippen LogP contribution in [0.2, 0.25) is 0 Å². The predicted octanol–water partition coefficient (Wildman–Crippen LogP) is 1.11.